The second kappa shape index (κ2) is 6.74. The molecule has 0 heterocycles. The maximum atomic E-state index is 5.24. The largest absolute Gasteiger partial charge is 0.391 e. The Balaban J connectivity index is 2.04. The Morgan fingerprint density at radius 2 is 1.74 bits per heavy atom. The van der Waals surface area contributed by atoms with Crippen LogP contribution in [-0.4, -0.2) is 6.21 Å². The first-order valence-corrected chi connectivity index (χ1v) is 6.47. The molecule has 0 aromatic heterocycles. The highest BCUT2D eigenvalue weighted by Crippen LogP contribution is 2.20. The van der Waals surface area contributed by atoms with Crippen molar-refractivity contribution in [1.29, 1.82) is 0 Å². The van der Waals surface area contributed by atoms with Gasteiger partial charge in [-0.15, -0.1) is 0 Å². The average Bonchev–Trinajstić information content (AvgIpc) is 2.45. The van der Waals surface area contributed by atoms with Gasteiger partial charge < -0.3 is 4.84 Å². The van der Waals surface area contributed by atoms with Gasteiger partial charge in [0.1, 0.15) is 12.8 Å². The minimum absolute atomic E-state index is 0.288. The minimum Gasteiger partial charge on any atom is -0.391 e. The third-order valence-corrected chi connectivity index (χ3v) is 2.64. The van der Waals surface area contributed by atoms with Gasteiger partial charge in [0.15, 0.2) is 0 Å². The standard InChI is InChI=1S/C17H18NO/c1-14(2)12-18-19-13-15-7-6-10-17(11-15)16-8-4-3-5-9-16/h3-11,14H,13H2,1-2H3. The molecule has 0 unspecified atom stereocenters. The summed E-state index contributed by atoms with van der Waals surface area (Å²) in [5, 5.41) is 3.82. The molecule has 0 aliphatic rings. The van der Waals surface area contributed by atoms with Gasteiger partial charge in [-0.05, 0) is 22.8 Å². The lowest BCUT2D eigenvalue weighted by Crippen LogP contribution is -1.91. The molecule has 2 heteroatoms. The topological polar surface area (TPSA) is 21.6 Å². The molecule has 0 aliphatic carbocycles. The van der Waals surface area contributed by atoms with Gasteiger partial charge in [0.2, 0.25) is 0 Å². The second-order valence-corrected chi connectivity index (χ2v) is 4.71. The highest BCUT2D eigenvalue weighted by atomic mass is 16.6. The van der Waals surface area contributed by atoms with Crippen LogP contribution in [0.4, 0.5) is 0 Å². The van der Waals surface area contributed by atoms with Crippen LogP contribution in [-0.2, 0) is 11.4 Å². The third-order valence-electron chi connectivity index (χ3n) is 2.64. The molecule has 2 aromatic carbocycles. The Kier molecular flexibility index (Phi) is 4.73. The molecule has 19 heavy (non-hydrogen) atoms. The molecule has 0 amide bonds. The molecule has 0 fully saturated rings. The molecule has 2 nitrogen and oxygen atoms in total. The first kappa shape index (κ1) is 13.3. The van der Waals surface area contributed by atoms with Crippen molar-refractivity contribution >= 4 is 6.21 Å². The lowest BCUT2D eigenvalue weighted by atomic mass is 10.0. The third kappa shape index (κ3) is 4.25. The molecule has 0 N–H and O–H groups in total. The summed E-state index contributed by atoms with van der Waals surface area (Å²) in [6.07, 6.45) is 2.86. The number of hydrogen-bond acceptors (Lipinski definition) is 2. The molecule has 1 radical (unpaired) electrons. The zero-order chi connectivity index (χ0) is 13.5. The normalized spacial score (nSPS) is 11.1. The van der Waals surface area contributed by atoms with Crippen LogP contribution in [0.15, 0.2) is 59.8 Å². The SMILES string of the molecule is CC(C)/[C]=N\OCc1cccc(-c2ccccc2)c1. The molecule has 2 aromatic rings. The van der Waals surface area contributed by atoms with Crippen molar-refractivity contribution in [3.05, 3.63) is 60.2 Å². The zero-order valence-corrected chi connectivity index (χ0v) is 11.3. The van der Waals surface area contributed by atoms with Crippen LogP contribution < -0.4 is 0 Å². The fourth-order valence-electron chi connectivity index (χ4n) is 1.72. The highest BCUT2D eigenvalue weighted by molar-refractivity contribution is 5.63. The van der Waals surface area contributed by atoms with E-state index in [2.05, 4.69) is 35.6 Å². The molecule has 0 atom stereocenters. The molecule has 0 bridgehead atoms. The fraction of sp³-hybridized carbons (Fsp3) is 0.235. The predicted molar refractivity (Wildman–Crippen MR) is 78.9 cm³/mol. The van der Waals surface area contributed by atoms with Crippen LogP contribution >= 0.6 is 0 Å². The number of nitrogens with zero attached hydrogens (tertiary/aromatic N) is 1. The van der Waals surface area contributed by atoms with E-state index < -0.39 is 0 Å². The number of benzene rings is 2. The predicted octanol–water partition coefficient (Wildman–Crippen LogP) is 4.39. The summed E-state index contributed by atoms with van der Waals surface area (Å²) in [4.78, 5) is 5.24. The van der Waals surface area contributed by atoms with E-state index in [0.717, 1.165) is 5.56 Å². The van der Waals surface area contributed by atoms with Gasteiger partial charge in [0, 0.05) is 5.92 Å². The molecular formula is C17H18NO. The maximum Gasteiger partial charge on any atom is 0.142 e. The van der Waals surface area contributed by atoms with Gasteiger partial charge in [-0.1, -0.05) is 67.5 Å². The smallest absolute Gasteiger partial charge is 0.142 e. The van der Waals surface area contributed by atoms with Gasteiger partial charge in [0.05, 0.1) is 0 Å². The quantitative estimate of drug-likeness (QED) is 0.571. The van der Waals surface area contributed by atoms with E-state index >= 15 is 0 Å². The van der Waals surface area contributed by atoms with E-state index in [-0.39, 0.29) is 5.92 Å². The zero-order valence-electron chi connectivity index (χ0n) is 11.3. The second-order valence-electron chi connectivity index (χ2n) is 4.71. The van der Waals surface area contributed by atoms with Crippen molar-refractivity contribution in [2.24, 2.45) is 11.1 Å². The van der Waals surface area contributed by atoms with Crippen LogP contribution in [0.2, 0.25) is 0 Å². The van der Waals surface area contributed by atoms with Crippen LogP contribution in [0.25, 0.3) is 11.1 Å². The van der Waals surface area contributed by atoms with Crippen LogP contribution in [0, 0.1) is 5.92 Å². The van der Waals surface area contributed by atoms with Gasteiger partial charge in [-0.2, -0.15) is 0 Å². The molecule has 0 saturated heterocycles. The Labute approximate surface area is 114 Å². The van der Waals surface area contributed by atoms with Crippen molar-refractivity contribution in [1.82, 2.24) is 0 Å². The summed E-state index contributed by atoms with van der Waals surface area (Å²) < 4.78 is 0. The van der Waals surface area contributed by atoms with E-state index in [0.29, 0.717) is 6.61 Å². The molecule has 0 spiro atoms. The lowest BCUT2D eigenvalue weighted by Gasteiger charge is -2.05. The van der Waals surface area contributed by atoms with Gasteiger partial charge in [0.25, 0.3) is 0 Å². The Hall–Kier alpha value is -2.09. The minimum atomic E-state index is 0.288. The van der Waals surface area contributed by atoms with E-state index in [9.17, 15) is 0 Å². The summed E-state index contributed by atoms with van der Waals surface area (Å²) in [7, 11) is 0. The van der Waals surface area contributed by atoms with E-state index in [4.69, 9.17) is 4.84 Å². The van der Waals surface area contributed by atoms with E-state index in [1.807, 2.05) is 44.2 Å². The molecule has 0 saturated carbocycles. The van der Waals surface area contributed by atoms with Crippen molar-refractivity contribution in [2.75, 3.05) is 0 Å². The maximum absolute atomic E-state index is 5.24. The van der Waals surface area contributed by atoms with Crippen molar-refractivity contribution in [2.45, 2.75) is 20.5 Å². The van der Waals surface area contributed by atoms with Crippen molar-refractivity contribution < 1.29 is 4.84 Å². The summed E-state index contributed by atoms with van der Waals surface area (Å²) in [6, 6.07) is 18.6. The van der Waals surface area contributed by atoms with Gasteiger partial charge in [-0.25, -0.2) is 0 Å². The van der Waals surface area contributed by atoms with E-state index in [1.54, 1.807) is 0 Å². The average molecular weight is 252 g/mol. The summed E-state index contributed by atoms with van der Waals surface area (Å²) >= 11 is 0. The Morgan fingerprint density at radius 1 is 1.00 bits per heavy atom. The Bertz CT molecular complexity index is 532. The van der Waals surface area contributed by atoms with Crippen molar-refractivity contribution in [3.63, 3.8) is 0 Å². The molecular weight excluding hydrogens is 234 g/mol. The van der Waals surface area contributed by atoms with Crippen LogP contribution in [0.1, 0.15) is 19.4 Å². The van der Waals surface area contributed by atoms with Gasteiger partial charge in [-0.3, -0.25) is 0 Å². The lowest BCUT2D eigenvalue weighted by molar-refractivity contribution is 0.131. The molecule has 2 rings (SSSR count). The van der Waals surface area contributed by atoms with Crippen LogP contribution in [0.5, 0.6) is 0 Å². The Morgan fingerprint density at radius 3 is 2.47 bits per heavy atom. The summed E-state index contributed by atoms with van der Waals surface area (Å²) in [6.45, 7) is 4.51. The first-order chi connectivity index (χ1) is 9.25. The van der Waals surface area contributed by atoms with E-state index in [1.165, 1.54) is 11.1 Å². The monoisotopic (exact) mass is 252 g/mol. The fourth-order valence-corrected chi connectivity index (χ4v) is 1.72. The van der Waals surface area contributed by atoms with Gasteiger partial charge >= 0.3 is 0 Å². The molecule has 0 aliphatic heterocycles. The first-order valence-electron chi connectivity index (χ1n) is 6.47. The molecule has 97 valence electrons. The van der Waals surface area contributed by atoms with Crippen molar-refractivity contribution in [3.8, 4) is 11.1 Å². The highest BCUT2D eigenvalue weighted by Gasteiger charge is 1.99. The van der Waals surface area contributed by atoms with Crippen LogP contribution in [0.3, 0.4) is 0 Å². The number of rotatable bonds is 5. The summed E-state index contributed by atoms with van der Waals surface area (Å²) in [5.74, 6) is 0.288. The number of hydrogen-bond donors (Lipinski definition) is 0. The summed E-state index contributed by atoms with van der Waals surface area (Å²) in [5.41, 5.74) is 3.51.